The molecule has 0 aromatic heterocycles. The van der Waals surface area contributed by atoms with Crippen molar-refractivity contribution in [3.05, 3.63) is 34.9 Å². The summed E-state index contributed by atoms with van der Waals surface area (Å²) in [5.41, 5.74) is 2.84. The predicted molar refractivity (Wildman–Crippen MR) is 69.7 cm³/mol. The fourth-order valence-corrected chi connectivity index (χ4v) is 2.21. The standard InChI is InChI=1S/C15H18N2O/c1-11-4-5-13(12(2)8-11)9-17(3)14(18)15(10-16)6-7-15/h4-5,8H,6-7,9H2,1-3H3. The van der Waals surface area contributed by atoms with E-state index in [-0.39, 0.29) is 5.91 Å². The molecule has 2 rings (SSSR count). The molecule has 1 aliphatic carbocycles. The number of hydrogen-bond acceptors (Lipinski definition) is 2. The van der Waals surface area contributed by atoms with E-state index in [0.29, 0.717) is 19.4 Å². The highest BCUT2D eigenvalue weighted by atomic mass is 16.2. The molecule has 1 fully saturated rings. The van der Waals surface area contributed by atoms with Gasteiger partial charge in [-0.15, -0.1) is 0 Å². The number of hydrogen-bond donors (Lipinski definition) is 0. The van der Waals surface area contributed by atoms with Crippen LogP contribution in [0.1, 0.15) is 29.5 Å². The molecule has 0 atom stereocenters. The second-order valence-corrected chi connectivity index (χ2v) is 5.29. The molecule has 1 saturated carbocycles. The molecule has 0 radical (unpaired) electrons. The first-order valence-electron chi connectivity index (χ1n) is 6.21. The fraction of sp³-hybridized carbons (Fsp3) is 0.467. The maximum absolute atomic E-state index is 12.1. The van der Waals surface area contributed by atoms with Gasteiger partial charge in [0.05, 0.1) is 6.07 Å². The largest absolute Gasteiger partial charge is 0.340 e. The molecule has 18 heavy (non-hydrogen) atoms. The Balaban J connectivity index is 2.10. The van der Waals surface area contributed by atoms with Crippen molar-refractivity contribution < 1.29 is 4.79 Å². The Labute approximate surface area is 108 Å². The number of amides is 1. The lowest BCUT2D eigenvalue weighted by Crippen LogP contribution is -2.33. The minimum Gasteiger partial charge on any atom is -0.340 e. The third-order valence-electron chi connectivity index (χ3n) is 3.63. The van der Waals surface area contributed by atoms with Crippen LogP contribution in [0, 0.1) is 30.6 Å². The molecule has 0 spiro atoms. The van der Waals surface area contributed by atoms with Crippen LogP contribution in [0.2, 0.25) is 0 Å². The molecule has 94 valence electrons. The number of nitriles is 1. The number of nitrogens with zero attached hydrogens (tertiary/aromatic N) is 2. The average Bonchev–Trinajstić information content (AvgIpc) is 3.12. The highest BCUT2D eigenvalue weighted by Crippen LogP contribution is 2.46. The van der Waals surface area contributed by atoms with Gasteiger partial charge in [0.2, 0.25) is 5.91 Å². The van der Waals surface area contributed by atoms with Gasteiger partial charge in [-0.2, -0.15) is 5.26 Å². The first-order valence-corrected chi connectivity index (χ1v) is 6.21. The summed E-state index contributed by atoms with van der Waals surface area (Å²) in [5, 5.41) is 9.04. The summed E-state index contributed by atoms with van der Waals surface area (Å²) in [7, 11) is 1.78. The van der Waals surface area contributed by atoms with Crippen LogP contribution in [0.25, 0.3) is 0 Å². The van der Waals surface area contributed by atoms with Crippen LogP contribution in [-0.4, -0.2) is 17.9 Å². The van der Waals surface area contributed by atoms with Crippen molar-refractivity contribution in [3.8, 4) is 6.07 Å². The first kappa shape index (κ1) is 12.6. The lowest BCUT2D eigenvalue weighted by Gasteiger charge is -2.21. The third-order valence-corrected chi connectivity index (χ3v) is 3.63. The van der Waals surface area contributed by atoms with E-state index in [1.54, 1.807) is 11.9 Å². The van der Waals surface area contributed by atoms with Crippen LogP contribution >= 0.6 is 0 Å². The third kappa shape index (κ3) is 2.24. The van der Waals surface area contributed by atoms with Gasteiger partial charge >= 0.3 is 0 Å². The second kappa shape index (κ2) is 4.45. The van der Waals surface area contributed by atoms with Gasteiger partial charge in [-0.1, -0.05) is 23.8 Å². The lowest BCUT2D eigenvalue weighted by atomic mass is 10.0. The normalized spacial score (nSPS) is 15.9. The quantitative estimate of drug-likeness (QED) is 0.817. The second-order valence-electron chi connectivity index (χ2n) is 5.29. The number of benzene rings is 1. The topological polar surface area (TPSA) is 44.1 Å². The van der Waals surface area contributed by atoms with Gasteiger partial charge in [-0.05, 0) is 37.8 Å². The van der Waals surface area contributed by atoms with E-state index < -0.39 is 5.41 Å². The van der Waals surface area contributed by atoms with Crippen molar-refractivity contribution in [3.63, 3.8) is 0 Å². The predicted octanol–water partition coefficient (Wildman–Crippen LogP) is 2.57. The van der Waals surface area contributed by atoms with Crippen LogP contribution in [-0.2, 0) is 11.3 Å². The smallest absolute Gasteiger partial charge is 0.243 e. The molecule has 1 aromatic carbocycles. The Morgan fingerprint density at radius 3 is 2.61 bits per heavy atom. The zero-order valence-electron chi connectivity index (χ0n) is 11.2. The summed E-state index contributed by atoms with van der Waals surface area (Å²) in [5.74, 6) is -0.0371. The Hall–Kier alpha value is -1.82. The monoisotopic (exact) mass is 242 g/mol. The van der Waals surface area contributed by atoms with Gasteiger partial charge in [0.25, 0.3) is 0 Å². The summed E-state index contributed by atoms with van der Waals surface area (Å²) in [4.78, 5) is 13.8. The van der Waals surface area contributed by atoms with E-state index in [2.05, 4.69) is 38.1 Å². The number of carbonyl (C=O) groups excluding carboxylic acids is 1. The maximum atomic E-state index is 12.1. The van der Waals surface area contributed by atoms with Crippen LogP contribution in [0.3, 0.4) is 0 Å². The Bertz CT molecular complexity index is 524. The van der Waals surface area contributed by atoms with Crippen molar-refractivity contribution in [2.45, 2.75) is 33.2 Å². The SMILES string of the molecule is Cc1ccc(CN(C)C(=O)C2(C#N)CC2)c(C)c1. The molecule has 0 saturated heterocycles. The molecular formula is C15H18N2O. The molecule has 0 unspecified atom stereocenters. The summed E-state index contributed by atoms with van der Waals surface area (Å²) in [6.45, 7) is 4.69. The van der Waals surface area contributed by atoms with E-state index in [9.17, 15) is 4.79 Å². The molecule has 3 nitrogen and oxygen atoms in total. The average molecular weight is 242 g/mol. The molecule has 0 aliphatic heterocycles. The Kier molecular flexibility index (Phi) is 3.13. The molecular weight excluding hydrogens is 224 g/mol. The van der Waals surface area contributed by atoms with E-state index >= 15 is 0 Å². The number of aryl methyl sites for hydroxylation is 2. The molecule has 1 amide bonds. The first-order chi connectivity index (χ1) is 8.48. The van der Waals surface area contributed by atoms with Gasteiger partial charge in [-0.3, -0.25) is 4.79 Å². The van der Waals surface area contributed by atoms with Crippen LogP contribution in [0.15, 0.2) is 18.2 Å². The fourth-order valence-electron chi connectivity index (χ4n) is 2.21. The van der Waals surface area contributed by atoms with E-state index in [1.807, 2.05) is 0 Å². The lowest BCUT2D eigenvalue weighted by molar-refractivity contribution is -0.134. The zero-order chi connectivity index (χ0) is 13.3. The van der Waals surface area contributed by atoms with Crippen LogP contribution in [0.4, 0.5) is 0 Å². The molecule has 1 aromatic rings. The Morgan fingerprint density at radius 2 is 2.11 bits per heavy atom. The number of carbonyl (C=O) groups is 1. The van der Waals surface area contributed by atoms with E-state index in [0.717, 1.165) is 5.56 Å². The van der Waals surface area contributed by atoms with Gasteiger partial charge in [0.1, 0.15) is 5.41 Å². The van der Waals surface area contributed by atoms with Crippen LogP contribution in [0.5, 0.6) is 0 Å². The number of rotatable bonds is 3. The summed E-state index contributed by atoms with van der Waals surface area (Å²) in [6, 6.07) is 8.38. The molecule has 0 N–H and O–H groups in total. The van der Waals surface area contributed by atoms with Gasteiger partial charge in [0, 0.05) is 13.6 Å². The van der Waals surface area contributed by atoms with Crippen molar-refractivity contribution in [1.82, 2.24) is 4.90 Å². The molecule has 0 bridgehead atoms. The van der Waals surface area contributed by atoms with Crippen molar-refractivity contribution in [2.75, 3.05) is 7.05 Å². The Morgan fingerprint density at radius 1 is 1.44 bits per heavy atom. The van der Waals surface area contributed by atoms with E-state index in [1.165, 1.54) is 11.1 Å². The van der Waals surface area contributed by atoms with Crippen molar-refractivity contribution >= 4 is 5.91 Å². The van der Waals surface area contributed by atoms with Gasteiger partial charge < -0.3 is 4.90 Å². The maximum Gasteiger partial charge on any atom is 0.243 e. The van der Waals surface area contributed by atoms with E-state index in [4.69, 9.17) is 5.26 Å². The minimum atomic E-state index is -0.715. The van der Waals surface area contributed by atoms with Crippen molar-refractivity contribution in [2.24, 2.45) is 5.41 Å². The van der Waals surface area contributed by atoms with Gasteiger partial charge in [-0.25, -0.2) is 0 Å². The molecule has 1 aliphatic rings. The molecule has 3 heteroatoms. The van der Waals surface area contributed by atoms with Crippen LogP contribution < -0.4 is 0 Å². The minimum absolute atomic E-state index is 0.0371. The highest BCUT2D eigenvalue weighted by molar-refractivity contribution is 5.88. The molecule has 0 heterocycles. The zero-order valence-corrected chi connectivity index (χ0v) is 11.2. The summed E-state index contributed by atoms with van der Waals surface area (Å²) >= 11 is 0. The van der Waals surface area contributed by atoms with Crippen molar-refractivity contribution in [1.29, 1.82) is 5.26 Å². The summed E-state index contributed by atoms with van der Waals surface area (Å²) in [6.07, 6.45) is 1.42. The summed E-state index contributed by atoms with van der Waals surface area (Å²) < 4.78 is 0. The van der Waals surface area contributed by atoms with Gasteiger partial charge in [0.15, 0.2) is 0 Å². The highest BCUT2D eigenvalue weighted by Gasteiger charge is 2.51.